The lowest BCUT2D eigenvalue weighted by Gasteiger charge is -2.78. The number of rotatable bonds is 32. The maximum absolute atomic E-state index is 2.88. The SMILES string of the molecule is CC[B]C(C)(CC)C(C)(CC)C(C)(CC)C(C)(CC)C(C)(CC)C(C)(CC)C(C)(CC)C(C)(CC)C(C)(CC)C(C)(CC)C(C)(CC)C(C)(CC)C(C)(CC)C(C)(CC)C(C)(CC)CC. The molecular formula is C64H130B. The molecule has 0 N–H and O–H groups in total. The minimum Gasteiger partial charge on any atom is -0.0823 e. The van der Waals surface area contributed by atoms with Crippen LogP contribution in [0.5, 0.6) is 0 Å². The van der Waals surface area contributed by atoms with Crippen molar-refractivity contribution < 1.29 is 0 Å². The van der Waals surface area contributed by atoms with E-state index >= 15 is 0 Å². The van der Waals surface area contributed by atoms with Gasteiger partial charge in [0, 0.05) is 0 Å². The van der Waals surface area contributed by atoms with Gasteiger partial charge in [0.15, 0.2) is 0 Å². The monoisotopic (exact) mass is 910 g/mol. The Bertz CT molecular complexity index is 1460. The quantitative estimate of drug-likeness (QED) is 0.0590. The molecule has 0 fully saturated rings. The van der Waals surface area contributed by atoms with E-state index in [9.17, 15) is 0 Å². The summed E-state index contributed by atoms with van der Waals surface area (Å²) in [5, 5.41) is 0.147. The lowest BCUT2D eigenvalue weighted by atomic mass is 9.25. The molecule has 0 spiro atoms. The second kappa shape index (κ2) is 21.8. The minimum atomic E-state index is 0.0256. The van der Waals surface area contributed by atoms with E-state index in [2.05, 4.69) is 229 Å². The van der Waals surface area contributed by atoms with E-state index in [0.717, 1.165) is 6.32 Å². The fraction of sp³-hybridized carbons (Fsp3) is 1.00. The molecule has 65 heavy (non-hydrogen) atoms. The highest BCUT2D eigenvalue weighted by Crippen LogP contribution is 2.83. The van der Waals surface area contributed by atoms with Gasteiger partial charge in [0.1, 0.15) is 7.28 Å². The second-order valence-electron chi connectivity index (χ2n) is 26.6. The summed E-state index contributed by atoms with van der Waals surface area (Å²) < 4.78 is 0. The van der Waals surface area contributed by atoms with Gasteiger partial charge >= 0.3 is 0 Å². The summed E-state index contributed by atoms with van der Waals surface area (Å²) in [6, 6.07) is 0. The Labute approximate surface area is 417 Å². The highest BCUT2D eigenvalue weighted by atomic mass is 14.8. The zero-order chi connectivity index (χ0) is 52.2. The minimum absolute atomic E-state index is 0.0256. The van der Waals surface area contributed by atoms with E-state index < -0.39 is 0 Å². The first-order valence-corrected chi connectivity index (χ1v) is 29.4. The molecule has 1 radical (unpaired) electrons. The third-order valence-electron chi connectivity index (χ3n) is 29.3. The summed E-state index contributed by atoms with van der Waals surface area (Å²) in [4.78, 5) is 0. The van der Waals surface area contributed by atoms with Crippen LogP contribution in [0, 0.1) is 75.8 Å². The largest absolute Gasteiger partial charge is 0.117 e. The predicted molar refractivity (Wildman–Crippen MR) is 303 cm³/mol. The Hall–Kier alpha value is 0.0649. The third-order valence-corrected chi connectivity index (χ3v) is 29.3. The average Bonchev–Trinajstić information content (AvgIpc) is 3.33. The predicted octanol–water partition coefficient (Wildman–Crippen LogP) is 23.0. The maximum Gasteiger partial charge on any atom is 0.117 e. The van der Waals surface area contributed by atoms with Crippen molar-refractivity contribution in [3.05, 3.63) is 0 Å². The fourth-order valence-corrected chi connectivity index (χ4v) is 20.4. The van der Waals surface area contributed by atoms with Crippen molar-refractivity contribution in [2.75, 3.05) is 0 Å². The van der Waals surface area contributed by atoms with E-state index in [0.29, 0.717) is 0 Å². The Morgan fingerprint density at radius 2 is 0.338 bits per heavy atom. The normalized spacial score (nSPS) is 26.2. The standard InChI is InChI=1S/C64H130B/c1-33-50(18,34-2)51(19,35-3)52(20,36-4)53(21,37-5)54(22,38-6)55(23,39-7)56(24,40-8)57(25,41-9)58(26,42-10)59(27,43-11)60(28,44-12)61(29,45-13)62(30,46-14)63(31,47-15)64(32,48-16)65-49-17/h33-49H2,1-32H3. The summed E-state index contributed by atoms with van der Waals surface area (Å²) in [6.07, 6.45) is 20.4. The topological polar surface area (TPSA) is 0 Å². The molecule has 0 aliphatic rings. The van der Waals surface area contributed by atoms with Gasteiger partial charge in [-0.05, 0) is 153 Å². The molecule has 0 aromatic rings. The Morgan fingerprint density at radius 3 is 0.462 bits per heavy atom. The zero-order valence-corrected chi connectivity index (χ0v) is 52.1. The van der Waals surface area contributed by atoms with Gasteiger partial charge in [-0.3, -0.25) is 0 Å². The maximum atomic E-state index is 2.88. The molecule has 0 aliphatic carbocycles. The van der Waals surface area contributed by atoms with Crippen LogP contribution in [0.3, 0.4) is 0 Å². The first kappa shape index (κ1) is 65.1. The van der Waals surface area contributed by atoms with Crippen molar-refractivity contribution >= 4 is 7.28 Å². The van der Waals surface area contributed by atoms with Gasteiger partial charge in [0.2, 0.25) is 0 Å². The molecule has 0 heterocycles. The lowest BCUT2D eigenvalue weighted by molar-refractivity contribution is -0.296. The van der Waals surface area contributed by atoms with E-state index in [1.165, 1.54) is 103 Å². The van der Waals surface area contributed by atoms with Crippen LogP contribution in [-0.2, 0) is 0 Å². The molecule has 0 aliphatic heterocycles. The highest BCUT2D eigenvalue weighted by molar-refractivity contribution is 6.40. The molecule has 0 rings (SSSR count). The molecule has 14 unspecified atom stereocenters. The second-order valence-corrected chi connectivity index (χ2v) is 26.6. The molecule has 0 nitrogen and oxygen atoms in total. The molecule has 0 amide bonds. The first-order chi connectivity index (χ1) is 29.5. The van der Waals surface area contributed by atoms with Crippen molar-refractivity contribution in [1.82, 2.24) is 0 Å². The molecule has 0 saturated heterocycles. The summed E-state index contributed by atoms with van der Waals surface area (Å²) in [5.41, 5.74) is 1.19. The van der Waals surface area contributed by atoms with Crippen LogP contribution in [0.15, 0.2) is 0 Å². The molecule has 1 heteroatoms. The van der Waals surface area contributed by atoms with Gasteiger partial charge in [-0.1, -0.05) is 259 Å². The molecule has 14 atom stereocenters. The van der Waals surface area contributed by atoms with Crippen molar-refractivity contribution in [3.63, 3.8) is 0 Å². The Balaban J connectivity index is 9.37. The van der Waals surface area contributed by atoms with E-state index in [4.69, 9.17) is 0 Å². The Morgan fingerprint density at radius 1 is 0.185 bits per heavy atom. The highest BCUT2D eigenvalue weighted by Gasteiger charge is 2.76. The van der Waals surface area contributed by atoms with Crippen LogP contribution >= 0.6 is 0 Å². The van der Waals surface area contributed by atoms with Gasteiger partial charge in [-0.15, -0.1) is 0 Å². The van der Waals surface area contributed by atoms with Crippen molar-refractivity contribution in [2.24, 2.45) is 75.8 Å². The van der Waals surface area contributed by atoms with Gasteiger partial charge in [-0.25, -0.2) is 0 Å². The van der Waals surface area contributed by atoms with E-state index in [-0.39, 0.29) is 81.1 Å². The van der Waals surface area contributed by atoms with Crippen molar-refractivity contribution in [3.8, 4) is 0 Å². The van der Waals surface area contributed by atoms with Gasteiger partial charge in [0.05, 0.1) is 0 Å². The molecule has 0 aromatic heterocycles. The van der Waals surface area contributed by atoms with Crippen LogP contribution in [0.1, 0.15) is 324 Å². The van der Waals surface area contributed by atoms with Gasteiger partial charge in [0.25, 0.3) is 0 Å². The smallest absolute Gasteiger partial charge is 0.0823 e. The lowest BCUT2D eigenvalue weighted by Crippen LogP contribution is -2.71. The number of hydrogen-bond donors (Lipinski definition) is 0. The van der Waals surface area contributed by atoms with E-state index in [1.54, 1.807) is 0 Å². The van der Waals surface area contributed by atoms with E-state index in [1.807, 2.05) is 0 Å². The summed E-state index contributed by atoms with van der Waals surface area (Å²) >= 11 is 0. The fourth-order valence-electron chi connectivity index (χ4n) is 20.4. The van der Waals surface area contributed by atoms with Crippen LogP contribution in [0.2, 0.25) is 11.6 Å². The van der Waals surface area contributed by atoms with Crippen LogP contribution < -0.4 is 0 Å². The van der Waals surface area contributed by atoms with Crippen LogP contribution in [-0.4, -0.2) is 7.28 Å². The third kappa shape index (κ3) is 7.78. The summed E-state index contributed by atoms with van der Waals surface area (Å²) in [7, 11) is 2.73. The molecule has 389 valence electrons. The molecule has 0 saturated carbocycles. The average molecular weight is 911 g/mol. The summed E-state index contributed by atoms with van der Waals surface area (Å²) in [6.45, 7) is 85.8. The Kier molecular flexibility index (Phi) is 21.8. The number of hydrogen-bond acceptors (Lipinski definition) is 0. The van der Waals surface area contributed by atoms with Gasteiger partial charge in [-0.2, -0.15) is 0 Å². The molecule has 0 aromatic carbocycles. The van der Waals surface area contributed by atoms with Crippen LogP contribution in [0.4, 0.5) is 0 Å². The van der Waals surface area contributed by atoms with Gasteiger partial charge < -0.3 is 0 Å². The molecule has 0 bridgehead atoms. The van der Waals surface area contributed by atoms with Crippen LogP contribution in [0.25, 0.3) is 0 Å². The molecular weight excluding hydrogens is 780 g/mol. The van der Waals surface area contributed by atoms with Crippen molar-refractivity contribution in [1.29, 1.82) is 0 Å². The summed E-state index contributed by atoms with van der Waals surface area (Å²) in [5.74, 6) is 0. The zero-order valence-electron chi connectivity index (χ0n) is 52.1. The van der Waals surface area contributed by atoms with Crippen molar-refractivity contribution in [2.45, 2.75) is 336 Å². The first-order valence-electron chi connectivity index (χ1n) is 29.4.